The van der Waals surface area contributed by atoms with Crippen molar-refractivity contribution in [3.05, 3.63) is 20.8 Å². The Bertz CT molecular complexity index is 96.2. The molecule has 0 aromatic heterocycles. The van der Waals surface area contributed by atoms with Crippen LogP contribution in [0.2, 0.25) is 0 Å². The second-order valence-corrected chi connectivity index (χ2v) is 2.47. The topological polar surface area (TPSA) is 27.7 Å². The van der Waals surface area contributed by atoms with Gasteiger partial charge in [0.05, 0.1) is 25.9 Å². The van der Waals surface area contributed by atoms with Crippen LogP contribution in [0.4, 0.5) is 0 Å². The molecular formula is C10H19O3. The van der Waals surface area contributed by atoms with Gasteiger partial charge in [-0.2, -0.15) is 0 Å². The minimum absolute atomic E-state index is 0.0530. The lowest BCUT2D eigenvalue weighted by molar-refractivity contribution is -0.0201. The van der Waals surface area contributed by atoms with Crippen LogP contribution in [0.3, 0.4) is 0 Å². The van der Waals surface area contributed by atoms with Crippen LogP contribution in [0.25, 0.3) is 0 Å². The fraction of sp³-hybridized carbons (Fsp3) is 0.700. The van der Waals surface area contributed by atoms with E-state index in [1.165, 1.54) is 0 Å². The summed E-state index contributed by atoms with van der Waals surface area (Å²) < 4.78 is 15.5. The Hall–Kier alpha value is -0.120. The van der Waals surface area contributed by atoms with Crippen LogP contribution in [0.5, 0.6) is 0 Å². The molecule has 0 N–H and O–H groups in total. The molecule has 0 bridgehead atoms. The molecule has 3 nitrogen and oxygen atoms in total. The van der Waals surface area contributed by atoms with Gasteiger partial charge < -0.3 is 14.2 Å². The molecule has 0 heterocycles. The molecular weight excluding hydrogens is 168 g/mol. The Morgan fingerprint density at radius 2 is 1.62 bits per heavy atom. The molecule has 3 heteroatoms. The molecule has 1 unspecified atom stereocenters. The van der Waals surface area contributed by atoms with Crippen LogP contribution in [0.1, 0.15) is 6.42 Å². The molecule has 77 valence electrons. The van der Waals surface area contributed by atoms with Crippen LogP contribution in [-0.2, 0) is 14.2 Å². The van der Waals surface area contributed by atoms with Crippen molar-refractivity contribution in [1.29, 1.82) is 0 Å². The average molecular weight is 187 g/mol. The van der Waals surface area contributed by atoms with Gasteiger partial charge in [-0.15, -0.1) is 0 Å². The molecule has 0 aliphatic rings. The van der Waals surface area contributed by atoms with Crippen molar-refractivity contribution in [2.75, 3.05) is 33.0 Å². The number of hydrogen-bond donors (Lipinski definition) is 0. The van der Waals surface area contributed by atoms with Gasteiger partial charge in [0, 0.05) is 13.2 Å². The maximum Gasteiger partial charge on any atom is 0.0808 e. The quantitative estimate of drug-likeness (QED) is 0.509. The molecule has 0 aromatic carbocycles. The fourth-order valence-electron chi connectivity index (χ4n) is 0.816. The SMILES string of the molecule is [CH2]COCCOCC(C[CH2])OC[CH2]. The Labute approximate surface area is 81.4 Å². The molecule has 0 spiro atoms. The first-order chi connectivity index (χ1) is 6.35. The van der Waals surface area contributed by atoms with E-state index >= 15 is 0 Å². The molecule has 0 fully saturated rings. The molecule has 0 aliphatic carbocycles. The Morgan fingerprint density at radius 1 is 0.923 bits per heavy atom. The van der Waals surface area contributed by atoms with Crippen molar-refractivity contribution in [2.24, 2.45) is 0 Å². The Kier molecular flexibility index (Phi) is 9.87. The maximum atomic E-state index is 5.30. The van der Waals surface area contributed by atoms with Crippen LogP contribution in [0, 0.1) is 20.8 Å². The largest absolute Gasteiger partial charge is 0.379 e. The van der Waals surface area contributed by atoms with E-state index in [1.54, 1.807) is 0 Å². The third-order valence-electron chi connectivity index (χ3n) is 1.50. The van der Waals surface area contributed by atoms with Gasteiger partial charge in [-0.25, -0.2) is 0 Å². The van der Waals surface area contributed by atoms with Crippen molar-refractivity contribution in [2.45, 2.75) is 12.5 Å². The van der Waals surface area contributed by atoms with Crippen LogP contribution >= 0.6 is 0 Å². The van der Waals surface area contributed by atoms with Crippen LogP contribution in [-0.4, -0.2) is 39.1 Å². The first-order valence-corrected chi connectivity index (χ1v) is 4.50. The normalized spacial score (nSPS) is 13.2. The van der Waals surface area contributed by atoms with E-state index in [1.807, 2.05) is 0 Å². The first kappa shape index (κ1) is 12.9. The zero-order valence-corrected chi connectivity index (χ0v) is 8.17. The van der Waals surface area contributed by atoms with Crippen molar-refractivity contribution in [3.63, 3.8) is 0 Å². The summed E-state index contributed by atoms with van der Waals surface area (Å²) in [6.07, 6.45) is 0.753. The summed E-state index contributed by atoms with van der Waals surface area (Å²) >= 11 is 0. The van der Waals surface area contributed by atoms with Crippen molar-refractivity contribution in [1.82, 2.24) is 0 Å². The van der Waals surface area contributed by atoms with E-state index < -0.39 is 0 Å². The minimum atomic E-state index is 0.0530. The summed E-state index contributed by atoms with van der Waals surface area (Å²) in [6.45, 7) is 13.5. The lowest BCUT2D eigenvalue weighted by atomic mass is 10.3. The highest BCUT2D eigenvalue weighted by molar-refractivity contribution is 4.58. The molecule has 3 radical (unpaired) electrons. The van der Waals surface area contributed by atoms with E-state index in [4.69, 9.17) is 14.2 Å². The Morgan fingerprint density at radius 3 is 2.15 bits per heavy atom. The zero-order chi connectivity index (χ0) is 9.94. The van der Waals surface area contributed by atoms with E-state index in [-0.39, 0.29) is 6.10 Å². The predicted octanol–water partition coefficient (Wildman–Crippen LogP) is 1.30. The molecule has 0 amide bonds. The summed E-state index contributed by atoms with van der Waals surface area (Å²) in [5, 5.41) is 0. The summed E-state index contributed by atoms with van der Waals surface area (Å²) in [4.78, 5) is 0. The third-order valence-corrected chi connectivity index (χ3v) is 1.50. The summed E-state index contributed by atoms with van der Waals surface area (Å²) in [6, 6.07) is 0. The number of ether oxygens (including phenoxy) is 3. The minimum Gasteiger partial charge on any atom is -0.379 e. The molecule has 13 heavy (non-hydrogen) atoms. The first-order valence-electron chi connectivity index (χ1n) is 4.50. The maximum absolute atomic E-state index is 5.30. The molecule has 0 saturated carbocycles. The second-order valence-electron chi connectivity index (χ2n) is 2.47. The third kappa shape index (κ3) is 8.22. The van der Waals surface area contributed by atoms with Crippen molar-refractivity contribution < 1.29 is 14.2 Å². The van der Waals surface area contributed by atoms with Gasteiger partial charge in [0.2, 0.25) is 0 Å². The van der Waals surface area contributed by atoms with Gasteiger partial charge in [0.15, 0.2) is 0 Å². The van der Waals surface area contributed by atoms with Gasteiger partial charge in [-0.05, 0) is 20.3 Å². The van der Waals surface area contributed by atoms with Gasteiger partial charge >= 0.3 is 0 Å². The molecule has 0 rings (SSSR count). The van der Waals surface area contributed by atoms with E-state index in [0.717, 1.165) is 0 Å². The zero-order valence-electron chi connectivity index (χ0n) is 8.17. The molecule has 0 aromatic rings. The monoisotopic (exact) mass is 187 g/mol. The Balaban J connectivity index is 3.17. The van der Waals surface area contributed by atoms with E-state index in [2.05, 4.69) is 20.8 Å². The highest BCUT2D eigenvalue weighted by atomic mass is 16.5. The molecule has 0 saturated heterocycles. The van der Waals surface area contributed by atoms with E-state index in [9.17, 15) is 0 Å². The highest BCUT2D eigenvalue weighted by Crippen LogP contribution is 1.97. The summed E-state index contributed by atoms with van der Waals surface area (Å²) in [5.41, 5.74) is 0. The molecule has 1 atom stereocenters. The average Bonchev–Trinajstić information content (AvgIpc) is 2.16. The summed E-state index contributed by atoms with van der Waals surface area (Å²) in [5.74, 6) is 0. The van der Waals surface area contributed by atoms with Crippen LogP contribution < -0.4 is 0 Å². The standard InChI is InChI=1S/C10H19O3/c1-4-10(13-6-3)9-12-8-7-11-5-2/h10H,1-9H2. The number of hydrogen-bond acceptors (Lipinski definition) is 3. The van der Waals surface area contributed by atoms with E-state index in [0.29, 0.717) is 39.5 Å². The van der Waals surface area contributed by atoms with Crippen LogP contribution in [0.15, 0.2) is 0 Å². The van der Waals surface area contributed by atoms with Crippen molar-refractivity contribution in [3.8, 4) is 0 Å². The van der Waals surface area contributed by atoms with Gasteiger partial charge in [0.1, 0.15) is 0 Å². The number of rotatable bonds is 9. The fourth-order valence-corrected chi connectivity index (χ4v) is 0.816. The van der Waals surface area contributed by atoms with Gasteiger partial charge in [-0.1, -0.05) is 6.92 Å². The molecule has 0 aliphatic heterocycles. The second kappa shape index (κ2) is 9.96. The van der Waals surface area contributed by atoms with Crippen molar-refractivity contribution >= 4 is 0 Å². The highest BCUT2D eigenvalue weighted by Gasteiger charge is 2.04. The lowest BCUT2D eigenvalue weighted by Gasteiger charge is -2.14. The van der Waals surface area contributed by atoms with Gasteiger partial charge in [-0.3, -0.25) is 0 Å². The predicted molar refractivity (Wildman–Crippen MR) is 52.1 cm³/mol. The smallest absolute Gasteiger partial charge is 0.0808 e. The summed E-state index contributed by atoms with van der Waals surface area (Å²) in [7, 11) is 0. The lowest BCUT2D eigenvalue weighted by Crippen LogP contribution is -2.20. The van der Waals surface area contributed by atoms with Gasteiger partial charge in [0.25, 0.3) is 0 Å².